The molecule has 0 aliphatic carbocycles. The first-order valence-electron chi connectivity index (χ1n) is 5.79. The zero-order valence-electron chi connectivity index (χ0n) is 10.2. The fourth-order valence-corrected chi connectivity index (χ4v) is 2.99. The molecule has 0 aromatic carbocycles. The third kappa shape index (κ3) is 2.29. The summed E-state index contributed by atoms with van der Waals surface area (Å²) in [7, 11) is 0. The van der Waals surface area contributed by atoms with Crippen molar-refractivity contribution in [3.05, 3.63) is 16.3 Å². The van der Waals surface area contributed by atoms with Crippen LogP contribution in [-0.4, -0.2) is 19.4 Å². The van der Waals surface area contributed by atoms with Gasteiger partial charge in [0.1, 0.15) is 0 Å². The van der Waals surface area contributed by atoms with Crippen molar-refractivity contribution in [3.8, 4) is 0 Å². The normalized spacial score (nSPS) is 21.4. The molecule has 0 amide bonds. The molecular weight excluding hydrogens is 218 g/mol. The molecule has 0 radical (unpaired) electrons. The van der Waals surface area contributed by atoms with E-state index in [0.29, 0.717) is 5.41 Å². The Hall–Kier alpha value is -0.830. The number of anilines is 1. The number of aldehydes is 1. The molecule has 1 saturated heterocycles. The van der Waals surface area contributed by atoms with Crippen molar-refractivity contribution in [2.45, 2.75) is 27.2 Å². The number of rotatable bonds is 2. The summed E-state index contributed by atoms with van der Waals surface area (Å²) >= 11 is 1.54. The first kappa shape index (κ1) is 11.6. The highest BCUT2D eigenvalue weighted by atomic mass is 32.1. The molecule has 16 heavy (non-hydrogen) atoms. The molecule has 3 heteroatoms. The average Bonchev–Trinajstić information content (AvgIpc) is 2.85. The molecule has 1 aliphatic heterocycles. The summed E-state index contributed by atoms with van der Waals surface area (Å²) in [6.07, 6.45) is 2.20. The van der Waals surface area contributed by atoms with E-state index in [2.05, 4.69) is 31.1 Å². The molecule has 2 nitrogen and oxygen atoms in total. The maximum atomic E-state index is 10.7. The highest BCUT2D eigenvalue weighted by Crippen LogP contribution is 2.36. The number of hydrogen-bond acceptors (Lipinski definition) is 3. The van der Waals surface area contributed by atoms with Gasteiger partial charge in [-0.2, -0.15) is 0 Å². The van der Waals surface area contributed by atoms with E-state index in [1.807, 2.05) is 6.07 Å². The molecule has 2 rings (SSSR count). The van der Waals surface area contributed by atoms with Crippen molar-refractivity contribution in [1.82, 2.24) is 0 Å². The second-order valence-corrected chi connectivity index (χ2v) is 6.57. The summed E-state index contributed by atoms with van der Waals surface area (Å²) in [6, 6.07) is 2.00. The lowest BCUT2D eigenvalue weighted by molar-refractivity contribution is 0.112. The van der Waals surface area contributed by atoms with Crippen LogP contribution in [0.3, 0.4) is 0 Å². The lowest BCUT2D eigenvalue weighted by atomic mass is 9.80. The van der Waals surface area contributed by atoms with Crippen molar-refractivity contribution in [1.29, 1.82) is 0 Å². The molecule has 1 fully saturated rings. The Kier molecular flexibility index (Phi) is 3.06. The quantitative estimate of drug-likeness (QED) is 0.734. The predicted molar refractivity (Wildman–Crippen MR) is 69.5 cm³/mol. The number of carbonyl (C=O) groups is 1. The zero-order chi connectivity index (χ0) is 11.8. The van der Waals surface area contributed by atoms with Crippen LogP contribution in [0.5, 0.6) is 0 Å². The highest BCUT2D eigenvalue weighted by molar-refractivity contribution is 7.12. The minimum absolute atomic E-state index is 0.387. The molecule has 0 spiro atoms. The molecule has 88 valence electrons. The van der Waals surface area contributed by atoms with E-state index in [9.17, 15) is 4.79 Å². The third-order valence-electron chi connectivity index (χ3n) is 3.50. The third-order valence-corrected chi connectivity index (χ3v) is 4.35. The van der Waals surface area contributed by atoms with Gasteiger partial charge in [0.25, 0.3) is 0 Å². The largest absolute Gasteiger partial charge is 0.371 e. The molecule has 1 unspecified atom stereocenters. The predicted octanol–water partition coefficient (Wildman–Crippen LogP) is 3.43. The fourth-order valence-electron chi connectivity index (χ4n) is 2.27. The second kappa shape index (κ2) is 4.21. The van der Waals surface area contributed by atoms with Crippen molar-refractivity contribution in [2.75, 3.05) is 18.0 Å². The van der Waals surface area contributed by atoms with Gasteiger partial charge >= 0.3 is 0 Å². The van der Waals surface area contributed by atoms with Crippen molar-refractivity contribution >= 4 is 23.3 Å². The average molecular weight is 237 g/mol. The molecule has 0 saturated carbocycles. The number of carbonyl (C=O) groups excluding carboxylic acids is 1. The summed E-state index contributed by atoms with van der Waals surface area (Å²) in [4.78, 5) is 13.9. The van der Waals surface area contributed by atoms with E-state index in [0.717, 1.165) is 30.2 Å². The maximum Gasteiger partial charge on any atom is 0.160 e. The van der Waals surface area contributed by atoms with E-state index in [4.69, 9.17) is 0 Å². The molecular formula is C13H19NOS. The Bertz CT molecular complexity index is 378. The monoisotopic (exact) mass is 237 g/mol. The number of nitrogens with zero attached hydrogens (tertiary/aromatic N) is 1. The van der Waals surface area contributed by atoms with Gasteiger partial charge in [-0.1, -0.05) is 20.8 Å². The van der Waals surface area contributed by atoms with Crippen LogP contribution in [0.25, 0.3) is 0 Å². The number of hydrogen-bond donors (Lipinski definition) is 0. The Labute approximate surface area is 101 Å². The summed E-state index contributed by atoms with van der Waals surface area (Å²) < 4.78 is 0. The maximum absolute atomic E-state index is 10.7. The minimum Gasteiger partial charge on any atom is -0.371 e. The molecule has 1 aliphatic rings. The van der Waals surface area contributed by atoms with Gasteiger partial charge in [0.2, 0.25) is 0 Å². The summed E-state index contributed by atoms with van der Waals surface area (Å²) in [5.41, 5.74) is 1.61. The molecule has 1 atom stereocenters. The van der Waals surface area contributed by atoms with Crippen molar-refractivity contribution in [3.63, 3.8) is 0 Å². The van der Waals surface area contributed by atoms with Gasteiger partial charge in [-0.3, -0.25) is 4.79 Å². The molecule has 0 N–H and O–H groups in total. The van der Waals surface area contributed by atoms with Crippen LogP contribution in [-0.2, 0) is 0 Å². The van der Waals surface area contributed by atoms with Crippen LogP contribution >= 0.6 is 11.3 Å². The first-order valence-corrected chi connectivity index (χ1v) is 6.67. The molecule has 2 heterocycles. The standard InChI is InChI=1S/C13H19NOS/c1-13(2,3)10-4-5-14(7-10)11-6-12(8-15)16-9-11/h6,8-10H,4-5,7H2,1-3H3. The molecule has 0 bridgehead atoms. The van der Waals surface area contributed by atoms with Crippen LogP contribution in [0.1, 0.15) is 36.9 Å². The SMILES string of the molecule is CC(C)(C)C1CCN(c2csc(C=O)c2)C1. The van der Waals surface area contributed by atoms with Gasteiger partial charge in [-0.15, -0.1) is 11.3 Å². The molecule has 1 aromatic rings. The Balaban J connectivity index is 2.06. The smallest absolute Gasteiger partial charge is 0.160 e. The van der Waals surface area contributed by atoms with Gasteiger partial charge < -0.3 is 4.90 Å². The van der Waals surface area contributed by atoms with E-state index >= 15 is 0 Å². The van der Waals surface area contributed by atoms with Gasteiger partial charge in [-0.25, -0.2) is 0 Å². The van der Waals surface area contributed by atoms with Gasteiger partial charge in [-0.05, 0) is 23.8 Å². The van der Waals surface area contributed by atoms with Crippen LogP contribution in [0.2, 0.25) is 0 Å². The summed E-state index contributed by atoms with van der Waals surface area (Å²) in [5.74, 6) is 0.757. The van der Waals surface area contributed by atoms with Gasteiger partial charge in [0.15, 0.2) is 6.29 Å². The summed E-state index contributed by atoms with van der Waals surface area (Å²) in [5, 5.41) is 2.09. The van der Waals surface area contributed by atoms with E-state index < -0.39 is 0 Å². The lowest BCUT2D eigenvalue weighted by Gasteiger charge is -2.27. The van der Waals surface area contributed by atoms with Crippen molar-refractivity contribution < 1.29 is 4.79 Å². The lowest BCUT2D eigenvalue weighted by Crippen LogP contribution is -2.25. The van der Waals surface area contributed by atoms with Gasteiger partial charge in [0.05, 0.1) is 4.88 Å². The first-order chi connectivity index (χ1) is 7.50. The zero-order valence-corrected chi connectivity index (χ0v) is 11.0. The minimum atomic E-state index is 0.387. The van der Waals surface area contributed by atoms with E-state index in [1.54, 1.807) is 0 Å². The Morgan fingerprint density at radius 2 is 2.25 bits per heavy atom. The van der Waals surface area contributed by atoms with Crippen LogP contribution in [0.4, 0.5) is 5.69 Å². The van der Waals surface area contributed by atoms with Crippen LogP contribution < -0.4 is 4.90 Å². The number of thiophene rings is 1. The Morgan fingerprint density at radius 3 is 2.75 bits per heavy atom. The van der Waals surface area contributed by atoms with E-state index in [1.165, 1.54) is 23.4 Å². The topological polar surface area (TPSA) is 20.3 Å². The highest BCUT2D eigenvalue weighted by Gasteiger charge is 2.31. The van der Waals surface area contributed by atoms with Gasteiger partial charge in [0, 0.05) is 24.2 Å². The fraction of sp³-hybridized carbons (Fsp3) is 0.615. The Morgan fingerprint density at radius 1 is 1.50 bits per heavy atom. The molecule has 1 aromatic heterocycles. The van der Waals surface area contributed by atoms with Crippen molar-refractivity contribution in [2.24, 2.45) is 11.3 Å². The van der Waals surface area contributed by atoms with E-state index in [-0.39, 0.29) is 0 Å². The summed E-state index contributed by atoms with van der Waals surface area (Å²) in [6.45, 7) is 9.18. The van der Waals surface area contributed by atoms with Crippen LogP contribution in [0.15, 0.2) is 11.4 Å². The second-order valence-electron chi connectivity index (χ2n) is 5.62. The van der Waals surface area contributed by atoms with Crippen LogP contribution in [0, 0.1) is 11.3 Å².